The summed E-state index contributed by atoms with van der Waals surface area (Å²) in [5, 5.41) is 60.0. The number of hydrogen-bond acceptors (Lipinski definition) is 16. The van der Waals surface area contributed by atoms with E-state index >= 15 is 0 Å². The van der Waals surface area contributed by atoms with Crippen molar-refractivity contribution in [2.24, 2.45) is 34.0 Å². The number of rotatable bonds is 31. The van der Waals surface area contributed by atoms with Gasteiger partial charge in [0, 0.05) is 42.4 Å². The van der Waals surface area contributed by atoms with Gasteiger partial charge in [-0.25, -0.2) is 0 Å². The van der Waals surface area contributed by atoms with Crippen molar-refractivity contribution in [2.45, 2.75) is 134 Å². The third-order valence-corrected chi connectivity index (χ3v) is 12.8. The highest BCUT2D eigenvalue weighted by Gasteiger charge is 2.41. The number of aliphatic hydroxyl groups excluding tert-OH is 3. The third-order valence-electron chi connectivity index (χ3n) is 12.4. The number of aromatic nitrogens is 1. The fourth-order valence-corrected chi connectivity index (χ4v) is 8.40. The average Bonchev–Trinajstić information content (AvgIpc) is 4.05. The van der Waals surface area contributed by atoms with Crippen molar-refractivity contribution >= 4 is 88.6 Å². The zero-order valence-corrected chi connectivity index (χ0v) is 44.6. The van der Waals surface area contributed by atoms with Gasteiger partial charge in [-0.1, -0.05) is 45.9 Å². The maximum atomic E-state index is 14.4. The van der Waals surface area contributed by atoms with Crippen LogP contribution in [-0.2, 0) is 54.4 Å². The Balaban J connectivity index is 1.80. The number of nitrogens with zero attached hydrogens (tertiary/aromatic N) is 2. The summed E-state index contributed by atoms with van der Waals surface area (Å²) < 4.78 is 0. The van der Waals surface area contributed by atoms with E-state index in [1.165, 1.54) is 6.92 Å². The molecule has 10 atom stereocenters. The number of nitrogens with one attached hydrogen (secondary N) is 9. The Morgan fingerprint density at radius 2 is 1.26 bits per heavy atom. The van der Waals surface area contributed by atoms with Crippen LogP contribution in [0.25, 0.3) is 10.9 Å². The first-order valence-electron chi connectivity index (χ1n) is 25.1. The van der Waals surface area contributed by atoms with E-state index in [-0.39, 0.29) is 56.4 Å². The summed E-state index contributed by atoms with van der Waals surface area (Å²) in [6.07, 6.45) is 2.52. The van der Waals surface area contributed by atoms with Crippen molar-refractivity contribution in [3.05, 3.63) is 36.0 Å². The van der Waals surface area contributed by atoms with Crippen LogP contribution in [0.4, 0.5) is 0 Å². The zero-order valence-electron chi connectivity index (χ0n) is 43.7. The number of para-hydroxylation sites is 1. The molecule has 1 saturated heterocycles. The Hall–Kier alpha value is -7.08. The molecule has 9 amide bonds. The van der Waals surface area contributed by atoms with E-state index < -0.39 is 145 Å². The molecular weight excluding hydrogens is 1030 g/mol. The standard InChI is InChI=1S/C48H76N14O14S/c1-23(2)16-30(55-38(66)28(49)11-8-14-52-48(50)51)39(67)60-35(22-77)43(71)57-33(20-64)42(70)56-31(17-26-18-53-29-12-7-6-10-27(26)29)40(68)61-37(24(3)4)45(73)59-34(21-65)46(74)62-15-9-13-36(62)44(72)58-32(19-63)41(69)54-25(5)47(75)76/h6-7,10,12,18,23-25,28,30-37,53,63-65,77H,8-9,11,13-17,19-22,49H2,1-5H3,(H,54,69)(H,55,66)(H,56,70)(H,57,71)(H,58,72)(H,59,73)(H,60,67)(H,61,68)(H,75,76)(H4,50,51,52)/t25-,28-,30-,31-,32-,33-,34-,35-,36-,37-/m0/s1. The molecule has 1 fully saturated rings. The van der Waals surface area contributed by atoms with Crippen LogP contribution in [0.5, 0.6) is 0 Å². The second kappa shape index (κ2) is 31.2. The normalized spacial score (nSPS) is 16.8. The van der Waals surface area contributed by atoms with Gasteiger partial charge in [-0.15, -0.1) is 0 Å². The molecule has 77 heavy (non-hydrogen) atoms. The maximum Gasteiger partial charge on any atom is 0.325 e. The molecule has 2 aromatic rings. The molecule has 28 nitrogen and oxygen atoms in total. The molecule has 428 valence electrons. The van der Waals surface area contributed by atoms with Gasteiger partial charge in [-0.2, -0.15) is 12.6 Å². The molecule has 1 aliphatic rings. The second-order valence-electron chi connectivity index (χ2n) is 19.3. The number of carboxylic acids is 1. The van der Waals surface area contributed by atoms with Crippen LogP contribution >= 0.6 is 12.6 Å². The lowest BCUT2D eigenvalue weighted by atomic mass is 10.00. The number of aliphatic carboxylic acids is 1. The predicted molar refractivity (Wildman–Crippen MR) is 283 cm³/mol. The van der Waals surface area contributed by atoms with Gasteiger partial charge < -0.3 is 90.0 Å². The maximum absolute atomic E-state index is 14.4. The van der Waals surface area contributed by atoms with Gasteiger partial charge >= 0.3 is 5.97 Å². The molecule has 3 rings (SSSR count). The zero-order chi connectivity index (χ0) is 57.7. The molecule has 19 N–H and O–H groups in total. The first-order chi connectivity index (χ1) is 36.4. The number of thiol groups is 1. The molecular formula is C48H76N14O14S. The number of carboxylic acid groups (broad SMARTS) is 1. The van der Waals surface area contributed by atoms with Gasteiger partial charge in [-0.05, 0) is 62.5 Å². The van der Waals surface area contributed by atoms with Gasteiger partial charge in [0.2, 0.25) is 53.2 Å². The van der Waals surface area contributed by atoms with Gasteiger partial charge in [-0.3, -0.25) is 52.9 Å². The molecule has 0 radical (unpaired) electrons. The Bertz CT molecular complexity index is 2420. The van der Waals surface area contributed by atoms with Crippen molar-refractivity contribution in [1.29, 1.82) is 0 Å². The van der Waals surface area contributed by atoms with Crippen molar-refractivity contribution in [2.75, 3.05) is 38.7 Å². The van der Waals surface area contributed by atoms with Crippen LogP contribution in [-0.4, -0.2) is 194 Å². The summed E-state index contributed by atoms with van der Waals surface area (Å²) in [7, 11) is 0. The third kappa shape index (κ3) is 19.5. The van der Waals surface area contributed by atoms with Crippen molar-refractivity contribution in [3.63, 3.8) is 0 Å². The first kappa shape index (κ1) is 64.2. The minimum atomic E-state index is -1.72. The lowest BCUT2D eigenvalue weighted by molar-refractivity contribution is -0.144. The lowest BCUT2D eigenvalue weighted by Crippen LogP contribution is -2.62. The van der Waals surface area contributed by atoms with E-state index in [0.717, 1.165) is 4.90 Å². The molecule has 2 heterocycles. The van der Waals surface area contributed by atoms with E-state index in [4.69, 9.17) is 22.3 Å². The van der Waals surface area contributed by atoms with Crippen LogP contribution < -0.4 is 59.7 Å². The quantitative estimate of drug-likeness (QED) is 0.0145. The molecule has 0 unspecified atom stereocenters. The lowest BCUT2D eigenvalue weighted by Gasteiger charge is -2.31. The number of aliphatic hydroxyl groups is 3. The largest absolute Gasteiger partial charge is 0.480 e. The van der Waals surface area contributed by atoms with Crippen LogP contribution in [0.1, 0.15) is 72.3 Å². The number of fused-ring (bicyclic) bond motifs is 1. The second-order valence-corrected chi connectivity index (χ2v) is 19.7. The topological polar surface area (TPSA) is 457 Å². The molecule has 0 bridgehead atoms. The number of likely N-dealkylation sites (tertiary alicyclic amines) is 1. The summed E-state index contributed by atoms with van der Waals surface area (Å²) in [5.74, 6) is -10.6. The Kier molecular flexibility index (Phi) is 26.0. The van der Waals surface area contributed by atoms with E-state index in [2.05, 4.69) is 65.1 Å². The van der Waals surface area contributed by atoms with E-state index in [1.807, 2.05) is 13.8 Å². The highest BCUT2D eigenvalue weighted by molar-refractivity contribution is 7.80. The molecule has 1 aromatic heterocycles. The van der Waals surface area contributed by atoms with E-state index in [1.54, 1.807) is 44.3 Å². The monoisotopic (exact) mass is 1100 g/mol. The molecule has 0 aliphatic carbocycles. The fraction of sp³-hybridized carbons (Fsp3) is 0.604. The Morgan fingerprint density at radius 3 is 1.86 bits per heavy atom. The van der Waals surface area contributed by atoms with Crippen LogP contribution in [0.3, 0.4) is 0 Å². The minimum absolute atomic E-state index is 0.00674. The van der Waals surface area contributed by atoms with Crippen LogP contribution in [0.15, 0.2) is 35.5 Å². The molecule has 29 heteroatoms. The first-order valence-corrected chi connectivity index (χ1v) is 25.8. The minimum Gasteiger partial charge on any atom is -0.480 e. The number of aromatic amines is 1. The van der Waals surface area contributed by atoms with Gasteiger partial charge in [0.25, 0.3) is 0 Å². The highest BCUT2D eigenvalue weighted by atomic mass is 32.1. The molecule has 0 saturated carbocycles. The summed E-state index contributed by atoms with van der Waals surface area (Å²) in [6, 6.07) is -6.93. The summed E-state index contributed by atoms with van der Waals surface area (Å²) in [6.45, 7) is 5.30. The number of benzene rings is 1. The molecule has 0 spiro atoms. The van der Waals surface area contributed by atoms with E-state index in [9.17, 15) is 63.3 Å². The Labute approximate surface area is 450 Å². The highest BCUT2D eigenvalue weighted by Crippen LogP contribution is 2.21. The number of carbonyl (C=O) groups excluding carboxylic acids is 9. The van der Waals surface area contributed by atoms with Gasteiger partial charge in [0.15, 0.2) is 5.96 Å². The number of nitrogens with two attached hydrogens (primary N) is 3. The summed E-state index contributed by atoms with van der Waals surface area (Å²) in [5.41, 5.74) is 18.0. The number of H-pyrrole nitrogens is 1. The summed E-state index contributed by atoms with van der Waals surface area (Å²) >= 11 is 4.22. The fourth-order valence-electron chi connectivity index (χ4n) is 8.14. The van der Waals surface area contributed by atoms with Gasteiger partial charge in [0.1, 0.15) is 54.4 Å². The van der Waals surface area contributed by atoms with Gasteiger partial charge in [0.05, 0.1) is 25.9 Å². The molecule has 1 aromatic carbocycles. The number of guanidine groups is 1. The number of carbonyl (C=O) groups is 10. The molecule has 1 aliphatic heterocycles. The SMILES string of the molecule is CC(C)C[C@H](NC(=O)[C@@H](N)CCCN=C(N)N)C(=O)N[C@@H](CS)C(=O)N[C@@H](CO)C(=O)N[C@@H](Cc1c[nH]c2ccccc12)C(=O)N[C@H](C(=O)N[C@@H](CO)C(=O)N1CCC[C@H]1C(=O)N[C@@H](CO)C(=O)N[C@@H](C)C(=O)O)C(C)C. The Morgan fingerprint density at radius 1 is 0.714 bits per heavy atom. The number of aliphatic imine (C=N–C) groups is 1. The van der Waals surface area contributed by atoms with Crippen molar-refractivity contribution < 1.29 is 68.4 Å². The predicted octanol–water partition coefficient (Wildman–Crippen LogP) is -5.33. The average molecular weight is 1110 g/mol. The summed E-state index contributed by atoms with van der Waals surface area (Å²) in [4.78, 5) is 142. The smallest absolute Gasteiger partial charge is 0.325 e. The van der Waals surface area contributed by atoms with Crippen LogP contribution in [0, 0.1) is 11.8 Å². The van der Waals surface area contributed by atoms with Crippen molar-refractivity contribution in [3.8, 4) is 0 Å². The van der Waals surface area contributed by atoms with Crippen LogP contribution in [0.2, 0.25) is 0 Å². The number of hydrogen-bond donors (Lipinski definition) is 17. The van der Waals surface area contributed by atoms with E-state index in [0.29, 0.717) is 29.3 Å². The number of amides is 9. The van der Waals surface area contributed by atoms with Crippen molar-refractivity contribution in [1.82, 2.24) is 52.4 Å².